The van der Waals surface area contributed by atoms with Crippen LogP contribution in [0.3, 0.4) is 0 Å². The van der Waals surface area contributed by atoms with Crippen LogP contribution in [0.5, 0.6) is 0 Å². The van der Waals surface area contributed by atoms with E-state index in [1.807, 2.05) is 17.2 Å². The van der Waals surface area contributed by atoms with Crippen molar-refractivity contribution in [2.75, 3.05) is 19.6 Å². The third-order valence-corrected chi connectivity index (χ3v) is 6.35. The molecule has 3 atom stereocenters. The number of piperidine rings is 1. The van der Waals surface area contributed by atoms with E-state index in [1.54, 1.807) is 11.3 Å². The first-order chi connectivity index (χ1) is 12.7. The molecule has 4 rings (SSSR count). The standard InChI is InChI=1S/C20H26N4OS/c1-14-22-18(13-26-14)20(25)24-9-5-8-16(12-24)19-17(11-21-23-19)10-15-6-3-2-4-7-15/h2-4,6-7,13,16-17,19,21,23H,5,8-12H2,1H3. The lowest BCUT2D eigenvalue weighted by atomic mass is 9.81. The summed E-state index contributed by atoms with van der Waals surface area (Å²) in [4.78, 5) is 19.2. The van der Waals surface area contributed by atoms with Gasteiger partial charge in [-0.3, -0.25) is 15.6 Å². The van der Waals surface area contributed by atoms with E-state index in [1.165, 1.54) is 12.0 Å². The van der Waals surface area contributed by atoms with Crippen LogP contribution in [0.2, 0.25) is 0 Å². The second-order valence-corrected chi connectivity index (χ2v) is 8.47. The highest BCUT2D eigenvalue weighted by molar-refractivity contribution is 7.09. The summed E-state index contributed by atoms with van der Waals surface area (Å²) in [5.74, 6) is 1.12. The van der Waals surface area contributed by atoms with Crippen LogP contribution in [0.4, 0.5) is 0 Å². The number of hydrazine groups is 1. The number of aryl methyl sites for hydroxylation is 1. The highest BCUT2D eigenvalue weighted by atomic mass is 32.1. The summed E-state index contributed by atoms with van der Waals surface area (Å²) in [6.07, 6.45) is 3.31. The lowest BCUT2D eigenvalue weighted by molar-refractivity contribution is 0.0630. The molecule has 3 heterocycles. The van der Waals surface area contributed by atoms with Crippen molar-refractivity contribution in [3.8, 4) is 0 Å². The van der Waals surface area contributed by atoms with Gasteiger partial charge in [0.1, 0.15) is 5.69 Å². The molecule has 2 aromatic rings. The molecule has 2 aliphatic heterocycles. The molecular formula is C20H26N4OS. The molecule has 6 heteroatoms. The van der Waals surface area contributed by atoms with Crippen LogP contribution in [-0.4, -0.2) is 41.5 Å². The van der Waals surface area contributed by atoms with Crippen LogP contribution in [0.15, 0.2) is 35.7 Å². The van der Waals surface area contributed by atoms with E-state index in [-0.39, 0.29) is 5.91 Å². The number of thiazole rings is 1. The summed E-state index contributed by atoms with van der Waals surface area (Å²) in [7, 11) is 0. The molecule has 2 aliphatic rings. The van der Waals surface area contributed by atoms with Crippen LogP contribution in [0, 0.1) is 18.8 Å². The summed E-state index contributed by atoms with van der Waals surface area (Å²) in [6.45, 7) is 4.59. The Bertz CT molecular complexity index is 747. The zero-order valence-corrected chi connectivity index (χ0v) is 16.0. The minimum absolute atomic E-state index is 0.0876. The molecule has 0 saturated carbocycles. The van der Waals surface area contributed by atoms with Crippen molar-refractivity contribution >= 4 is 17.2 Å². The fraction of sp³-hybridized carbons (Fsp3) is 0.500. The van der Waals surface area contributed by atoms with Crippen LogP contribution in [-0.2, 0) is 6.42 Å². The Morgan fingerprint density at radius 3 is 2.96 bits per heavy atom. The largest absolute Gasteiger partial charge is 0.337 e. The number of nitrogens with zero attached hydrogens (tertiary/aromatic N) is 2. The number of amides is 1. The Hall–Kier alpha value is -1.76. The summed E-state index contributed by atoms with van der Waals surface area (Å²) >= 11 is 1.54. The van der Waals surface area contributed by atoms with E-state index >= 15 is 0 Å². The van der Waals surface area contributed by atoms with Gasteiger partial charge in [0, 0.05) is 31.1 Å². The van der Waals surface area contributed by atoms with Gasteiger partial charge in [-0.05, 0) is 43.6 Å². The Kier molecular flexibility index (Phi) is 5.33. The van der Waals surface area contributed by atoms with E-state index in [9.17, 15) is 4.79 Å². The van der Waals surface area contributed by atoms with Crippen molar-refractivity contribution < 1.29 is 4.79 Å². The van der Waals surface area contributed by atoms with Gasteiger partial charge in [-0.1, -0.05) is 30.3 Å². The first-order valence-electron chi connectivity index (χ1n) is 9.44. The van der Waals surface area contributed by atoms with Crippen molar-refractivity contribution in [3.63, 3.8) is 0 Å². The van der Waals surface area contributed by atoms with Gasteiger partial charge < -0.3 is 4.90 Å². The Labute approximate surface area is 158 Å². The summed E-state index contributed by atoms with van der Waals surface area (Å²) in [5.41, 5.74) is 8.84. The first-order valence-corrected chi connectivity index (χ1v) is 10.3. The summed E-state index contributed by atoms with van der Waals surface area (Å²) in [6, 6.07) is 11.1. The molecule has 1 aromatic heterocycles. The predicted octanol–water partition coefficient (Wildman–Crippen LogP) is 2.64. The predicted molar refractivity (Wildman–Crippen MR) is 104 cm³/mol. The van der Waals surface area contributed by atoms with E-state index in [0.717, 1.165) is 37.5 Å². The number of carbonyl (C=O) groups is 1. The highest BCUT2D eigenvalue weighted by Gasteiger charge is 2.37. The van der Waals surface area contributed by atoms with Gasteiger partial charge in [-0.2, -0.15) is 0 Å². The van der Waals surface area contributed by atoms with Crippen LogP contribution >= 0.6 is 11.3 Å². The SMILES string of the molecule is Cc1nc(C(=O)N2CCCC(C3NNCC3Cc3ccccc3)C2)cs1. The molecule has 5 nitrogen and oxygen atoms in total. The van der Waals surface area contributed by atoms with Gasteiger partial charge in [0.05, 0.1) is 5.01 Å². The monoisotopic (exact) mass is 370 g/mol. The molecule has 3 unspecified atom stereocenters. The van der Waals surface area contributed by atoms with E-state index in [0.29, 0.717) is 23.6 Å². The average molecular weight is 371 g/mol. The summed E-state index contributed by atoms with van der Waals surface area (Å²) in [5, 5.41) is 2.83. The Balaban J connectivity index is 1.42. The van der Waals surface area contributed by atoms with E-state index in [2.05, 4.69) is 46.2 Å². The van der Waals surface area contributed by atoms with Crippen LogP contribution in [0.25, 0.3) is 0 Å². The molecule has 0 spiro atoms. The van der Waals surface area contributed by atoms with Gasteiger partial charge in [0.15, 0.2) is 0 Å². The maximum absolute atomic E-state index is 12.8. The van der Waals surface area contributed by atoms with Crippen LogP contribution < -0.4 is 10.9 Å². The third kappa shape index (κ3) is 3.82. The van der Waals surface area contributed by atoms with Gasteiger partial charge >= 0.3 is 0 Å². The summed E-state index contributed by atoms with van der Waals surface area (Å²) < 4.78 is 0. The van der Waals surface area contributed by atoms with E-state index < -0.39 is 0 Å². The molecule has 0 radical (unpaired) electrons. The zero-order valence-electron chi connectivity index (χ0n) is 15.1. The van der Waals surface area contributed by atoms with Gasteiger partial charge in [-0.15, -0.1) is 11.3 Å². The lowest BCUT2D eigenvalue weighted by Gasteiger charge is -2.37. The molecule has 2 N–H and O–H groups in total. The van der Waals surface area contributed by atoms with Gasteiger partial charge in [0.25, 0.3) is 5.91 Å². The lowest BCUT2D eigenvalue weighted by Crippen LogP contribution is -2.48. The zero-order chi connectivity index (χ0) is 17.9. The number of hydrogen-bond acceptors (Lipinski definition) is 5. The number of nitrogens with one attached hydrogen (secondary N) is 2. The Morgan fingerprint density at radius 2 is 2.19 bits per heavy atom. The topological polar surface area (TPSA) is 57.3 Å². The first kappa shape index (κ1) is 17.6. The molecule has 0 aliphatic carbocycles. The smallest absolute Gasteiger partial charge is 0.273 e. The van der Waals surface area contributed by atoms with Crippen molar-refractivity contribution in [3.05, 3.63) is 52.0 Å². The van der Waals surface area contributed by atoms with E-state index in [4.69, 9.17) is 0 Å². The normalized spacial score (nSPS) is 26.2. The maximum atomic E-state index is 12.8. The maximum Gasteiger partial charge on any atom is 0.273 e. The van der Waals surface area contributed by atoms with Crippen molar-refractivity contribution in [1.29, 1.82) is 0 Å². The number of likely N-dealkylation sites (tertiary alicyclic amines) is 1. The highest BCUT2D eigenvalue weighted by Crippen LogP contribution is 2.28. The molecule has 2 saturated heterocycles. The van der Waals surface area contributed by atoms with Crippen molar-refractivity contribution in [2.45, 2.75) is 32.2 Å². The third-order valence-electron chi connectivity index (χ3n) is 5.57. The van der Waals surface area contributed by atoms with Crippen LogP contribution in [0.1, 0.15) is 33.9 Å². The fourth-order valence-corrected chi connectivity index (χ4v) is 4.87. The number of benzene rings is 1. The Morgan fingerprint density at radius 1 is 1.35 bits per heavy atom. The molecule has 138 valence electrons. The average Bonchev–Trinajstić information content (AvgIpc) is 3.31. The quantitative estimate of drug-likeness (QED) is 0.869. The molecule has 2 fully saturated rings. The van der Waals surface area contributed by atoms with Gasteiger partial charge in [0.2, 0.25) is 0 Å². The molecule has 0 bridgehead atoms. The minimum atomic E-state index is 0.0876. The van der Waals surface area contributed by atoms with Crippen molar-refractivity contribution in [2.24, 2.45) is 11.8 Å². The second kappa shape index (κ2) is 7.86. The molecule has 1 amide bonds. The molecule has 1 aromatic carbocycles. The number of hydrogen-bond donors (Lipinski definition) is 2. The van der Waals surface area contributed by atoms with Gasteiger partial charge in [-0.25, -0.2) is 4.98 Å². The number of carbonyl (C=O) groups excluding carboxylic acids is 1. The minimum Gasteiger partial charge on any atom is -0.337 e. The second-order valence-electron chi connectivity index (χ2n) is 7.41. The number of aromatic nitrogens is 1. The molecular weight excluding hydrogens is 344 g/mol. The number of rotatable bonds is 4. The molecule has 26 heavy (non-hydrogen) atoms. The van der Waals surface area contributed by atoms with Crippen molar-refractivity contribution in [1.82, 2.24) is 20.7 Å². The fourth-order valence-electron chi connectivity index (χ4n) is 4.28.